The van der Waals surface area contributed by atoms with E-state index < -0.39 is 17.7 Å². The summed E-state index contributed by atoms with van der Waals surface area (Å²) in [6, 6.07) is 8.44. The van der Waals surface area contributed by atoms with Gasteiger partial charge in [-0.3, -0.25) is 14.6 Å². The minimum absolute atomic E-state index is 0.00428. The van der Waals surface area contributed by atoms with Gasteiger partial charge < -0.3 is 14.7 Å². The number of nitrogens with zero attached hydrogens (tertiary/aromatic N) is 2. The van der Waals surface area contributed by atoms with Crippen LogP contribution in [-0.2, 0) is 15.0 Å². The highest BCUT2D eigenvalue weighted by Gasteiger charge is 2.49. The predicted octanol–water partition coefficient (Wildman–Crippen LogP) is 5.14. The molecule has 6 heteroatoms. The Morgan fingerprint density at radius 1 is 1.12 bits per heavy atom. The zero-order valence-electron chi connectivity index (χ0n) is 19.8. The van der Waals surface area contributed by atoms with Gasteiger partial charge in [-0.2, -0.15) is 0 Å². The largest absolute Gasteiger partial charge is 0.507 e. The number of likely N-dealkylation sites (tertiary alicyclic amines) is 1. The van der Waals surface area contributed by atoms with Gasteiger partial charge in [0.15, 0.2) is 0 Å². The molecular weight excluding hydrogens is 416 g/mol. The Bertz CT molecular complexity index is 1080. The Kier molecular flexibility index (Phi) is 6.28. The van der Waals surface area contributed by atoms with E-state index in [9.17, 15) is 14.7 Å². The summed E-state index contributed by atoms with van der Waals surface area (Å²) in [6.07, 6.45) is 7.10. The molecule has 1 aliphatic carbocycles. The van der Waals surface area contributed by atoms with Gasteiger partial charge in [0.2, 0.25) is 0 Å². The number of ketones is 1. The van der Waals surface area contributed by atoms with E-state index in [1.54, 1.807) is 23.4 Å². The maximum Gasteiger partial charge on any atom is 0.295 e. The highest BCUT2D eigenvalue weighted by molar-refractivity contribution is 6.46. The van der Waals surface area contributed by atoms with E-state index >= 15 is 0 Å². The fourth-order valence-electron chi connectivity index (χ4n) is 4.98. The lowest BCUT2D eigenvalue weighted by Crippen LogP contribution is -2.37. The van der Waals surface area contributed by atoms with E-state index in [1.807, 2.05) is 31.2 Å². The molecule has 2 aliphatic rings. The number of aliphatic hydroxyl groups excluding tert-OH is 1. The van der Waals surface area contributed by atoms with Crippen molar-refractivity contribution in [3.8, 4) is 5.75 Å². The smallest absolute Gasteiger partial charge is 0.295 e. The van der Waals surface area contributed by atoms with Crippen molar-refractivity contribution in [1.82, 2.24) is 9.88 Å². The summed E-state index contributed by atoms with van der Waals surface area (Å²) in [5, 5.41) is 11.4. The van der Waals surface area contributed by atoms with Gasteiger partial charge in [0.05, 0.1) is 18.2 Å². The molecule has 1 unspecified atom stereocenters. The number of carbonyl (C=O) groups is 2. The number of carbonyl (C=O) groups excluding carboxylic acids is 2. The molecule has 33 heavy (non-hydrogen) atoms. The molecule has 1 N–H and O–H groups in total. The van der Waals surface area contributed by atoms with Crippen LogP contribution in [0.25, 0.3) is 5.76 Å². The number of hydrogen-bond donors (Lipinski definition) is 1. The number of aromatic nitrogens is 1. The van der Waals surface area contributed by atoms with Crippen LogP contribution in [0, 0.1) is 0 Å². The van der Waals surface area contributed by atoms with Crippen LogP contribution in [0.15, 0.2) is 48.3 Å². The monoisotopic (exact) mass is 448 g/mol. The average molecular weight is 449 g/mol. The lowest BCUT2D eigenvalue weighted by atomic mass is 9.84. The molecule has 1 saturated carbocycles. The second-order valence-corrected chi connectivity index (χ2v) is 9.82. The van der Waals surface area contributed by atoms with Gasteiger partial charge in [0.25, 0.3) is 11.7 Å². The van der Waals surface area contributed by atoms with Gasteiger partial charge in [-0.25, -0.2) is 0 Å². The summed E-state index contributed by atoms with van der Waals surface area (Å²) in [4.78, 5) is 32.2. The lowest BCUT2D eigenvalue weighted by Gasteiger charge is -2.30. The fraction of sp³-hybridized carbons (Fsp3) is 0.444. The van der Waals surface area contributed by atoms with Crippen molar-refractivity contribution in [2.24, 2.45) is 0 Å². The number of hydrogen-bond acceptors (Lipinski definition) is 5. The van der Waals surface area contributed by atoms with E-state index in [1.165, 1.54) is 0 Å². The summed E-state index contributed by atoms with van der Waals surface area (Å²) in [5.74, 6) is -0.567. The third-order valence-corrected chi connectivity index (χ3v) is 6.58. The molecule has 1 saturated heterocycles. The van der Waals surface area contributed by atoms with E-state index in [0.29, 0.717) is 12.2 Å². The first-order chi connectivity index (χ1) is 15.7. The summed E-state index contributed by atoms with van der Waals surface area (Å²) < 4.78 is 5.80. The third-order valence-electron chi connectivity index (χ3n) is 6.58. The minimum Gasteiger partial charge on any atom is -0.507 e. The maximum absolute atomic E-state index is 13.3. The maximum atomic E-state index is 13.3. The summed E-state index contributed by atoms with van der Waals surface area (Å²) in [7, 11) is 0. The Morgan fingerprint density at radius 3 is 2.39 bits per heavy atom. The molecule has 1 aliphatic heterocycles. The SMILES string of the molecule is CCOc1ccc(/C(O)=C2/C(=O)C(=O)N(C3CCCC3)C2c2ccncc2)cc1C(C)(C)C. The Morgan fingerprint density at radius 2 is 1.79 bits per heavy atom. The van der Waals surface area contributed by atoms with Gasteiger partial charge in [-0.15, -0.1) is 0 Å². The number of rotatable bonds is 5. The fourth-order valence-corrected chi connectivity index (χ4v) is 4.98. The number of pyridine rings is 1. The first kappa shape index (κ1) is 23.0. The van der Waals surface area contributed by atoms with Crippen LogP contribution in [0.1, 0.15) is 76.1 Å². The Hall–Kier alpha value is -3.15. The molecule has 0 spiro atoms. The van der Waals surface area contributed by atoms with Crippen molar-refractivity contribution >= 4 is 17.4 Å². The minimum atomic E-state index is -0.632. The Balaban J connectivity index is 1.88. The summed E-state index contributed by atoms with van der Waals surface area (Å²) >= 11 is 0. The highest BCUT2D eigenvalue weighted by Crippen LogP contribution is 2.44. The molecule has 2 heterocycles. The van der Waals surface area contributed by atoms with Crippen LogP contribution in [0.3, 0.4) is 0 Å². The van der Waals surface area contributed by atoms with E-state index in [4.69, 9.17) is 4.74 Å². The normalized spacial score (nSPS) is 21.1. The first-order valence-corrected chi connectivity index (χ1v) is 11.7. The average Bonchev–Trinajstić information content (AvgIpc) is 3.40. The summed E-state index contributed by atoms with van der Waals surface area (Å²) in [5.41, 5.74) is 2.12. The topological polar surface area (TPSA) is 79.7 Å². The molecule has 4 rings (SSSR count). The molecule has 2 fully saturated rings. The molecule has 0 radical (unpaired) electrons. The van der Waals surface area contributed by atoms with Crippen molar-refractivity contribution in [2.45, 2.75) is 70.9 Å². The molecule has 0 bridgehead atoms. The first-order valence-electron chi connectivity index (χ1n) is 11.7. The summed E-state index contributed by atoms with van der Waals surface area (Å²) in [6.45, 7) is 8.68. The molecule has 6 nitrogen and oxygen atoms in total. The Labute approximate surface area is 195 Å². The van der Waals surface area contributed by atoms with Crippen molar-refractivity contribution < 1.29 is 19.4 Å². The van der Waals surface area contributed by atoms with Crippen molar-refractivity contribution in [3.05, 3.63) is 65.0 Å². The zero-order chi connectivity index (χ0) is 23.8. The van der Waals surface area contributed by atoms with Gasteiger partial charge in [-0.1, -0.05) is 33.6 Å². The number of benzene rings is 1. The molecule has 1 aromatic heterocycles. The van der Waals surface area contributed by atoms with E-state index in [-0.39, 0.29) is 22.8 Å². The second-order valence-electron chi connectivity index (χ2n) is 9.82. The molecule has 1 aromatic carbocycles. The highest BCUT2D eigenvalue weighted by atomic mass is 16.5. The van der Waals surface area contributed by atoms with Crippen molar-refractivity contribution in [2.75, 3.05) is 6.61 Å². The molecule has 2 aromatic rings. The predicted molar refractivity (Wildman–Crippen MR) is 127 cm³/mol. The van der Waals surface area contributed by atoms with Gasteiger partial charge in [0, 0.05) is 29.6 Å². The standard InChI is InChI=1S/C27H32N2O4/c1-5-33-21-11-10-18(16-20(21)27(2,3)4)24(30)22-23(17-12-14-28-15-13-17)29(26(32)25(22)31)19-8-6-7-9-19/h10-16,19,23,30H,5-9H2,1-4H3/b24-22-. The molecular formula is C27H32N2O4. The van der Waals surface area contributed by atoms with Crippen LogP contribution in [0.4, 0.5) is 0 Å². The van der Waals surface area contributed by atoms with E-state index in [0.717, 1.165) is 42.6 Å². The van der Waals surface area contributed by atoms with Crippen LogP contribution < -0.4 is 4.74 Å². The quantitative estimate of drug-likeness (QED) is 0.389. The van der Waals surface area contributed by atoms with Gasteiger partial charge in [-0.05, 0) is 61.1 Å². The number of amides is 1. The molecule has 174 valence electrons. The number of Topliss-reactive ketones (excluding diaryl/α,β-unsaturated/α-hetero) is 1. The molecule has 1 amide bonds. The zero-order valence-corrected chi connectivity index (χ0v) is 19.8. The number of aliphatic hydroxyl groups is 1. The van der Waals surface area contributed by atoms with Crippen LogP contribution in [0.2, 0.25) is 0 Å². The van der Waals surface area contributed by atoms with Crippen molar-refractivity contribution in [3.63, 3.8) is 0 Å². The second kappa shape index (κ2) is 9.00. The van der Waals surface area contributed by atoms with E-state index in [2.05, 4.69) is 25.8 Å². The van der Waals surface area contributed by atoms with Gasteiger partial charge >= 0.3 is 0 Å². The lowest BCUT2D eigenvalue weighted by molar-refractivity contribution is -0.141. The third kappa shape index (κ3) is 4.26. The van der Waals surface area contributed by atoms with Crippen LogP contribution in [-0.4, -0.2) is 39.3 Å². The number of ether oxygens (including phenoxy) is 1. The molecule has 1 atom stereocenters. The van der Waals surface area contributed by atoms with Crippen molar-refractivity contribution in [1.29, 1.82) is 0 Å². The van der Waals surface area contributed by atoms with Gasteiger partial charge in [0.1, 0.15) is 11.5 Å². The van der Waals surface area contributed by atoms with Crippen LogP contribution >= 0.6 is 0 Å². The van der Waals surface area contributed by atoms with Crippen LogP contribution in [0.5, 0.6) is 5.75 Å².